The Morgan fingerprint density at radius 3 is 2.69 bits per heavy atom. The number of hydrogen-bond donors (Lipinski definition) is 3. The smallest absolute Gasteiger partial charge is 0.270 e. The van der Waals surface area contributed by atoms with Gasteiger partial charge in [0.05, 0.1) is 15.6 Å². The van der Waals surface area contributed by atoms with Crippen LogP contribution in [-0.4, -0.2) is 48.7 Å². The lowest BCUT2D eigenvalue weighted by molar-refractivity contribution is -0.385. The predicted molar refractivity (Wildman–Crippen MR) is 115 cm³/mol. The van der Waals surface area contributed by atoms with Crippen LogP contribution in [0.2, 0.25) is 5.02 Å². The minimum Gasteiger partial charge on any atom is -0.482 e. The highest BCUT2D eigenvalue weighted by molar-refractivity contribution is 6.33. The molecule has 0 radical (unpaired) electrons. The lowest BCUT2D eigenvalue weighted by Crippen LogP contribution is -2.49. The van der Waals surface area contributed by atoms with Gasteiger partial charge in [-0.2, -0.15) is 5.26 Å². The van der Waals surface area contributed by atoms with Gasteiger partial charge < -0.3 is 24.6 Å². The van der Waals surface area contributed by atoms with Crippen molar-refractivity contribution < 1.29 is 24.2 Å². The summed E-state index contributed by atoms with van der Waals surface area (Å²) in [6, 6.07) is 9.67. The molecule has 2 aromatic rings. The molecule has 1 aliphatic rings. The summed E-state index contributed by atoms with van der Waals surface area (Å²) in [7, 11) is 2.77. The first-order valence-corrected chi connectivity index (χ1v) is 9.70. The van der Waals surface area contributed by atoms with Gasteiger partial charge in [0.15, 0.2) is 18.6 Å². The Labute approximate surface area is 188 Å². The Hall–Kier alpha value is -3.43. The highest BCUT2D eigenvalue weighted by Gasteiger charge is 2.43. The topological polar surface area (TPSA) is 151 Å². The summed E-state index contributed by atoms with van der Waals surface area (Å²) in [4.78, 5) is 15.2. The first kappa shape index (κ1) is 23.2. The molecule has 0 fully saturated rings. The van der Waals surface area contributed by atoms with E-state index in [4.69, 9.17) is 25.8 Å². The van der Waals surface area contributed by atoms with Crippen molar-refractivity contribution in [3.05, 3.63) is 63.2 Å². The normalized spacial score (nSPS) is 20.1. The number of nitro groups is 1. The number of rotatable bonds is 6. The number of methoxy groups -OCH3 is 2. The van der Waals surface area contributed by atoms with Crippen molar-refractivity contribution in [2.75, 3.05) is 19.5 Å². The molecule has 0 aromatic heterocycles. The molecule has 2 aromatic carbocycles. The molecule has 12 heteroatoms. The Balaban J connectivity index is 2.09. The van der Waals surface area contributed by atoms with Gasteiger partial charge in [0, 0.05) is 31.9 Å². The van der Waals surface area contributed by atoms with Gasteiger partial charge in [0.25, 0.3) is 5.69 Å². The fourth-order valence-corrected chi connectivity index (χ4v) is 3.46. The molecule has 1 aliphatic heterocycles. The zero-order chi connectivity index (χ0) is 23.3. The third kappa shape index (κ3) is 4.90. The van der Waals surface area contributed by atoms with Crippen LogP contribution in [0.15, 0.2) is 47.5 Å². The zero-order valence-electron chi connectivity index (χ0n) is 17.1. The van der Waals surface area contributed by atoms with E-state index in [1.807, 2.05) is 0 Å². The number of fused-ring (bicyclic) bond motifs is 1. The fourth-order valence-electron chi connectivity index (χ4n) is 3.27. The molecular formula is C20H20ClN5O6. The van der Waals surface area contributed by atoms with Crippen molar-refractivity contribution in [1.29, 1.82) is 5.26 Å². The second-order valence-corrected chi connectivity index (χ2v) is 7.06. The number of ether oxygens (including phenoxy) is 3. The number of benzene rings is 2. The van der Waals surface area contributed by atoms with Crippen LogP contribution in [0.3, 0.4) is 0 Å². The van der Waals surface area contributed by atoms with Crippen LogP contribution in [-0.2, 0) is 9.47 Å². The summed E-state index contributed by atoms with van der Waals surface area (Å²) >= 11 is 6.17. The number of para-hydroxylation sites is 1. The van der Waals surface area contributed by atoms with Crippen molar-refractivity contribution in [3.8, 4) is 11.9 Å². The number of aliphatic hydroxyl groups excluding tert-OH is 1. The van der Waals surface area contributed by atoms with Crippen molar-refractivity contribution in [3.63, 3.8) is 0 Å². The molecule has 3 rings (SSSR count). The van der Waals surface area contributed by atoms with E-state index < -0.39 is 29.5 Å². The Kier molecular flexibility index (Phi) is 7.45. The van der Waals surface area contributed by atoms with Crippen LogP contribution in [0, 0.1) is 21.6 Å². The minimum absolute atomic E-state index is 0.0332. The van der Waals surface area contributed by atoms with E-state index in [0.29, 0.717) is 10.7 Å². The molecule has 0 bridgehead atoms. The maximum absolute atomic E-state index is 11.3. The Morgan fingerprint density at radius 1 is 1.34 bits per heavy atom. The molecule has 11 nitrogen and oxygen atoms in total. The number of halogens is 1. The van der Waals surface area contributed by atoms with Gasteiger partial charge in [-0.1, -0.05) is 23.7 Å². The molecule has 0 unspecified atom stereocenters. The van der Waals surface area contributed by atoms with Crippen LogP contribution in [0.4, 0.5) is 11.4 Å². The number of nitro benzene ring substituents is 1. The number of aliphatic imine (C=N–C) groups is 1. The van der Waals surface area contributed by atoms with Gasteiger partial charge in [-0.25, -0.2) is 4.99 Å². The maximum Gasteiger partial charge on any atom is 0.270 e. The van der Waals surface area contributed by atoms with Gasteiger partial charge in [0.2, 0.25) is 5.96 Å². The van der Waals surface area contributed by atoms with E-state index in [1.165, 1.54) is 32.4 Å². The van der Waals surface area contributed by atoms with E-state index in [9.17, 15) is 20.5 Å². The first-order valence-electron chi connectivity index (χ1n) is 9.32. The summed E-state index contributed by atoms with van der Waals surface area (Å²) in [6.07, 6.45) is -1.52. The third-order valence-corrected chi connectivity index (χ3v) is 5.08. The van der Waals surface area contributed by atoms with Crippen LogP contribution in [0.25, 0.3) is 0 Å². The minimum atomic E-state index is -1.34. The Morgan fingerprint density at radius 2 is 2.06 bits per heavy atom. The summed E-state index contributed by atoms with van der Waals surface area (Å²) in [5.74, 6) is 0.224. The van der Waals surface area contributed by atoms with E-state index in [0.717, 1.165) is 0 Å². The number of nitrogens with zero attached hydrogens (tertiary/aromatic N) is 3. The summed E-state index contributed by atoms with van der Waals surface area (Å²) in [5.41, 5.74) is 0.508. The zero-order valence-corrected chi connectivity index (χ0v) is 17.8. The highest BCUT2D eigenvalue weighted by atomic mass is 35.5. The first-order chi connectivity index (χ1) is 15.4. The number of non-ortho nitro benzene ring substituents is 1. The lowest BCUT2D eigenvalue weighted by Gasteiger charge is -2.37. The van der Waals surface area contributed by atoms with Gasteiger partial charge in [-0.3, -0.25) is 15.4 Å². The third-order valence-electron chi connectivity index (χ3n) is 4.75. The van der Waals surface area contributed by atoms with Crippen molar-refractivity contribution >= 4 is 28.9 Å². The van der Waals surface area contributed by atoms with E-state index in [2.05, 4.69) is 15.6 Å². The van der Waals surface area contributed by atoms with Crippen LogP contribution < -0.4 is 15.4 Å². The summed E-state index contributed by atoms with van der Waals surface area (Å²) < 4.78 is 16.3. The predicted octanol–water partition coefficient (Wildman–Crippen LogP) is 2.57. The molecule has 3 N–H and O–H groups in total. The van der Waals surface area contributed by atoms with Crippen molar-refractivity contribution in [1.82, 2.24) is 5.32 Å². The number of nitrogens with one attached hydrogen (secondary N) is 2. The molecule has 168 valence electrons. The summed E-state index contributed by atoms with van der Waals surface area (Å²) in [6.45, 7) is 0. The molecular weight excluding hydrogens is 442 g/mol. The number of guanidine groups is 1. The molecule has 0 spiro atoms. The van der Waals surface area contributed by atoms with Crippen LogP contribution in [0.1, 0.15) is 11.6 Å². The lowest BCUT2D eigenvalue weighted by atomic mass is 9.93. The standard InChI is InChI=1S/C20H20ClN5O6/c1-30-19(31-2)18-17(27)16(12-9-11(26(28)29)7-8-15(12)32-18)25-20(23-10-22)24-14-6-4-3-5-13(14)21/h3-9,16-19,27H,1-2H3,(H2,23,24,25)/t16-,17+,18+/m1/s1. The molecule has 0 saturated carbocycles. The largest absolute Gasteiger partial charge is 0.482 e. The van der Waals surface area contributed by atoms with Crippen LogP contribution >= 0.6 is 11.6 Å². The quantitative estimate of drug-likeness (QED) is 0.112. The number of anilines is 1. The van der Waals surface area contributed by atoms with Crippen molar-refractivity contribution in [2.45, 2.75) is 24.5 Å². The molecule has 0 amide bonds. The second kappa shape index (κ2) is 10.3. The fraction of sp³-hybridized carbons (Fsp3) is 0.300. The van der Waals surface area contributed by atoms with Gasteiger partial charge >= 0.3 is 0 Å². The van der Waals surface area contributed by atoms with E-state index >= 15 is 0 Å². The second-order valence-electron chi connectivity index (χ2n) is 6.66. The molecule has 3 atom stereocenters. The van der Waals surface area contributed by atoms with Crippen molar-refractivity contribution in [2.24, 2.45) is 4.99 Å². The Bertz CT molecular complexity index is 1060. The van der Waals surface area contributed by atoms with Gasteiger partial charge in [-0.05, 0) is 18.2 Å². The van der Waals surface area contributed by atoms with Crippen LogP contribution in [0.5, 0.6) is 5.75 Å². The van der Waals surface area contributed by atoms with Gasteiger partial charge in [-0.15, -0.1) is 0 Å². The number of aliphatic hydroxyl groups is 1. The molecule has 0 saturated heterocycles. The highest BCUT2D eigenvalue weighted by Crippen LogP contribution is 2.40. The SMILES string of the molecule is COC(OC)[C@H]1Oc2ccc([N+](=O)[O-])cc2[C@@H](N=C(NC#N)Nc2ccccc2Cl)[C@@H]1O. The molecule has 1 heterocycles. The number of nitriles is 1. The molecule has 32 heavy (non-hydrogen) atoms. The average Bonchev–Trinajstić information content (AvgIpc) is 2.78. The van der Waals surface area contributed by atoms with E-state index in [-0.39, 0.29) is 23.0 Å². The van der Waals surface area contributed by atoms with E-state index in [1.54, 1.807) is 30.5 Å². The summed E-state index contributed by atoms with van der Waals surface area (Å²) in [5, 5.41) is 37.2. The average molecular weight is 462 g/mol. The maximum atomic E-state index is 11.3. The molecule has 0 aliphatic carbocycles. The van der Waals surface area contributed by atoms with Gasteiger partial charge in [0.1, 0.15) is 17.9 Å². The monoisotopic (exact) mass is 461 g/mol. The number of hydrogen-bond acceptors (Lipinski definition) is 8.